The molecule has 7 nitrogen and oxygen atoms in total. The number of aromatic nitrogens is 4. The zero-order valence-electron chi connectivity index (χ0n) is 9.47. The van der Waals surface area contributed by atoms with Crippen LogP contribution in [0.15, 0.2) is 6.07 Å². The van der Waals surface area contributed by atoms with Gasteiger partial charge in [0.05, 0.1) is 0 Å². The lowest BCUT2D eigenvalue weighted by Gasteiger charge is -2.04. The highest BCUT2D eigenvalue weighted by molar-refractivity contribution is 5.63. The second kappa shape index (κ2) is 3.75. The van der Waals surface area contributed by atoms with Crippen LogP contribution in [0.3, 0.4) is 0 Å². The van der Waals surface area contributed by atoms with E-state index in [1.165, 1.54) is 4.68 Å². The lowest BCUT2D eigenvalue weighted by atomic mass is 10.3. The van der Waals surface area contributed by atoms with E-state index in [2.05, 4.69) is 15.1 Å². The molecule has 2 heterocycles. The molecule has 0 saturated heterocycles. The third-order valence-electron chi connectivity index (χ3n) is 2.23. The molecule has 0 amide bonds. The Balaban J connectivity index is 2.65. The van der Waals surface area contributed by atoms with Gasteiger partial charge in [-0.2, -0.15) is 9.94 Å². The summed E-state index contributed by atoms with van der Waals surface area (Å²) >= 11 is 0. The van der Waals surface area contributed by atoms with Crippen molar-refractivity contribution >= 4 is 11.6 Å². The van der Waals surface area contributed by atoms with Crippen LogP contribution in [0.25, 0.3) is 5.82 Å². The predicted molar refractivity (Wildman–Crippen MR) is 62.2 cm³/mol. The Labute approximate surface area is 97.7 Å². The van der Waals surface area contributed by atoms with Crippen LogP contribution in [0.4, 0.5) is 11.6 Å². The van der Waals surface area contributed by atoms with Crippen LogP contribution in [-0.4, -0.2) is 19.7 Å². The van der Waals surface area contributed by atoms with E-state index in [-0.39, 0.29) is 17.2 Å². The van der Waals surface area contributed by atoms with E-state index in [1.807, 2.05) is 13.0 Å². The fourth-order valence-corrected chi connectivity index (χ4v) is 1.54. The molecule has 4 N–H and O–H groups in total. The van der Waals surface area contributed by atoms with Crippen molar-refractivity contribution < 1.29 is 0 Å². The standard InChI is InChI=1S/C10H11N7/c1-5-3-8(15-6(2)14-5)17-10(13)7(4-11)9(12)16-17/h3H,13H2,1-2H3,(H2,12,16). The van der Waals surface area contributed by atoms with E-state index in [0.717, 1.165) is 5.69 Å². The molecular formula is C10H11N7. The summed E-state index contributed by atoms with van der Waals surface area (Å²) in [6.45, 7) is 3.61. The minimum absolute atomic E-state index is 0.0962. The van der Waals surface area contributed by atoms with Crippen molar-refractivity contribution in [2.24, 2.45) is 0 Å². The molecule has 86 valence electrons. The van der Waals surface area contributed by atoms with E-state index in [1.54, 1.807) is 13.0 Å². The average Bonchev–Trinajstić information content (AvgIpc) is 2.52. The second-order valence-corrected chi connectivity index (χ2v) is 3.58. The number of nitrogens with zero attached hydrogens (tertiary/aromatic N) is 5. The number of nitrogens with two attached hydrogens (primary N) is 2. The van der Waals surface area contributed by atoms with E-state index in [9.17, 15) is 0 Å². The Kier molecular flexibility index (Phi) is 2.40. The SMILES string of the molecule is Cc1cc(-n2nc(N)c(C#N)c2N)nc(C)n1. The summed E-state index contributed by atoms with van der Waals surface area (Å²) in [6.07, 6.45) is 0. The molecule has 0 aliphatic rings. The van der Waals surface area contributed by atoms with Crippen LogP contribution < -0.4 is 11.5 Å². The predicted octanol–water partition coefficient (Wildman–Crippen LogP) is 0.315. The first-order chi connectivity index (χ1) is 8.02. The van der Waals surface area contributed by atoms with Crippen molar-refractivity contribution in [3.8, 4) is 11.9 Å². The van der Waals surface area contributed by atoms with Crippen molar-refractivity contribution in [2.75, 3.05) is 11.5 Å². The largest absolute Gasteiger partial charge is 0.382 e. The number of aryl methyl sites for hydroxylation is 2. The molecule has 0 aliphatic heterocycles. The average molecular weight is 229 g/mol. The Morgan fingerprint density at radius 2 is 2.00 bits per heavy atom. The normalized spacial score (nSPS) is 10.2. The lowest BCUT2D eigenvalue weighted by Crippen LogP contribution is -2.07. The zero-order valence-corrected chi connectivity index (χ0v) is 9.47. The molecule has 0 aliphatic carbocycles. The first kappa shape index (κ1) is 10.9. The summed E-state index contributed by atoms with van der Waals surface area (Å²) in [6, 6.07) is 3.63. The minimum atomic E-state index is 0.0962. The molecule has 0 fully saturated rings. The number of nitrogen functional groups attached to an aromatic ring is 2. The molecule has 2 aromatic rings. The van der Waals surface area contributed by atoms with E-state index in [0.29, 0.717) is 11.6 Å². The summed E-state index contributed by atoms with van der Waals surface area (Å²) < 4.78 is 1.34. The monoisotopic (exact) mass is 229 g/mol. The van der Waals surface area contributed by atoms with E-state index >= 15 is 0 Å². The number of hydrogen-bond donors (Lipinski definition) is 2. The molecule has 7 heteroatoms. The highest BCUT2D eigenvalue weighted by Crippen LogP contribution is 2.20. The lowest BCUT2D eigenvalue weighted by molar-refractivity contribution is 0.834. The van der Waals surface area contributed by atoms with Crippen LogP contribution in [-0.2, 0) is 0 Å². The molecular weight excluding hydrogens is 218 g/mol. The van der Waals surface area contributed by atoms with Crippen LogP contribution in [0.5, 0.6) is 0 Å². The minimum Gasteiger partial charge on any atom is -0.382 e. The highest BCUT2D eigenvalue weighted by Gasteiger charge is 2.15. The Hall–Kier alpha value is -2.62. The van der Waals surface area contributed by atoms with E-state index in [4.69, 9.17) is 16.7 Å². The van der Waals surface area contributed by atoms with Gasteiger partial charge in [0.1, 0.15) is 23.3 Å². The maximum Gasteiger partial charge on any atom is 0.166 e. The topological polar surface area (TPSA) is 119 Å². The number of hydrogen-bond acceptors (Lipinski definition) is 6. The van der Waals surface area contributed by atoms with Gasteiger partial charge in [0, 0.05) is 11.8 Å². The third-order valence-corrected chi connectivity index (χ3v) is 2.23. The fourth-order valence-electron chi connectivity index (χ4n) is 1.54. The summed E-state index contributed by atoms with van der Waals surface area (Å²) in [5.74, 6) is 1.38. The molecule has 0 saturated carbocycles. The van der Waals surface area contributed by atoms with Gasteiger partial charge >= 0.3 is 0 Å². The number of rotatable bonds is 1. The summed E-state index contributed by atoms with van der Waals surface area (Å²) in [7, 11) is 0. The van der Waals surface area contributed by atoms with Crippen LogP contribution in [0, 0.1) is 25.2 Å². The van der Waals surface area contributed by atoms with Gasteiger partial charge in [0.2, 0.25) is 0 Å². The Morgan fingerprint density at radius 1 is 1.29 bits per heavy atom. The smallest absolute Gasteiger partial charge is 0.166 e. The molecule has 2 aromatic heterocycles. The number of anilines is 2. The van der Waals surface area contributed by atoms with Crippen LogP contribution in [0.2, 0.25) is 0 Å². The zero-order chi connectivity index (χ0) is 12.6. The van der Waals surface area contributed by atoms with Gasteiger partial charge in [-0.15, -0.1) is 5.10 Å². The first-order valence-electron chi connectivity index (χ1n) is 4.89. The quantitative estimate of drug-likeness (QED) is 0.726. The van der Waals surface area contributed by atoms with Crippen molar-refractivity contribution in [2.45, 2.75) is 13.8 Å². The third kappa shape index (κ3) is 1.76. The first-order valence-corrected chi connectivity index (χ1v) is 4.89. The molecule has 0 atom stereocenters. The van der Waals surface area contributed by atoms with Gasteiger partial charge in [-0.1, -0.05) is 0 Å². The van der Waals surface area contributed by atoms with Gasteiger partial charge in [-0.05, 0) is 13.8 Å². The summed E-state index contributed by atoms with van der Waals surface area (Å²) in [5.41, 5.74) is 12.3. The van der Waals surface area contributed by atoms with Crippen molar-refractivity contribution in [1.29, 1.82) is 5.26 Å². The van der Waals surface area contributed by atoms with Gasteiger partial charge in [0.15, 0.2) is 11.6 Å². The molecule has 17 heavy (non-hydrogen) atoms. The highest BCUT2D eigenvalue weighted by atomic mass is 15.4. The molecule has 0 radical (unpaired) electrons. The van der Waals surface area contributed by atoms with Gasteiger partial charge < -0.3 is 11.5 Å². The fraction of sp³-hybridized carbons (Fsp3) is 0.200. The second-order valence-electron chi connectivity index (χ2n) is 3.58. The molecule has 0 aromatic carbocycles. The van der Waals surface area contributed by atoms with Crippen LogP contribution >= 0.6 is 0 Å². The maximum atomic E-state index is 8.87. The van der Waals surface area contributed by atoms with Crippen LogP contribution in [0.1, 0.15) is 17.1 Å². The van der Waals surface area contributed by atoms with Crippen molar-refractivity contribution in [3.05, 3.63) is 23.1 Å². The molecule has 0 bridgehead atoms. The maximum absolute atomic E-state index is 8.87. The Bertz CT molecular complexity index is 600. The summed E-state index contributed by atoms with van der Waals surface area (Å²) in [5, 5.41) is 12.9. The molecule has 2 rings (SSSR count). The number of nitriles is 1. The van der Waals surface area contributed by atoms with Crippen molar-refractivity contribution in [1.82, 2.24) is 19.7 Å². The molecule has 0 unspecified atom stereocenters. The van der Waals surface area contributed by atoms with Crippen molar-refractivity contribution in [3.63, 3.8) is 0 Å². The van der Waals surface area contributed by atoms with Gasteiger partial charge in [0.25, 0.3) is 0 Å². The summed E-state index contributed by atoms with van der Waals surface area (Å²) in [4.78, 5) is 8.35. The Morgan fingerprint density at radius 3 is 2.53 bits per heavy atom. The van der Waals surface area contributed by atoms with Gasteiger partial charge in [-0.3, -0.25) is 0 Å². The van der Waals surface area contributed by atoms with E-state index < -0.39 is 0 Å². The van der Waals surface area contributed by atoms with Gasteiger partial charge in [-0.25, -0.2) is 9.97 Å². The molecule has 0 spiro atoms.